The number of halogens is 1. The lowest BCUT2D eigenvalue weighted by Gasteiger charge is -2.30. The molecule has 0 bridgehead atoms. The molecular formula is C22H27ClN2O3S. The number of benzene rings is 2. The van der Waals surface area contributed by atoms with Crippen LogP contribution in [0.2, 0.25) is 5.02 Å². The van der Waals surface area contributed by atoms with E-state index in [0.717, 1.165) is 35.2 Å². The third kappa shape index (κ3) is 4.65. The van der Waals surface area contributed by atoms with Crippen molar-refractivity contribution >= 4 is 33.2 Å². The van der Waals surface area contributed by atoms with E-state index in [9.17, 15) is 13.2 Å². The molecule has 7 heteroatoms. The molecule has 1 atom stereocenters. The summed E-state index contributed by atoms with van der Waals surface area (Å²) in [6.45, 7) is 8.86. The van der Waals surface area contributed by atoms with E-state index in [1.54, 1.807) is 6.07 Å². The molecule has 1 aliphatic heterocycles. The van der Waals surface area contributed by atoms with Gasteiger partial charge in [0.2, 0.25) is 10.0 Å². The van der Waals surface area contributed by atoms with Crippen molar-refractivity contribution in [1.82, 2.24) is 4.31 Å². The molecule has 2 aromatic carbocycles. The van der Waals surface area contributed by atoms with Gasteiger partial charge < -0.3 is 5.32 Å². The fraction of sp³-hybridized carbons (Fsp3) is 0.409. The molecule has 3 rings (SSSR count). The van der Waals surface area contributed by atoms with Crippen LogP contribution in [0.1, 0.15) is 46.8 Å². The van der Waals surface area contributed by atoms with Crippen LogP contribution in [-0.2, 0) is 10.0 Å². The number of nitrogens with zero attached hydrogens (tertiary/aromatic N) is 1. The van der Waals surface area contributed by atoms with Gasteiger partial charge in [-0.15, -0.1) is 0 Å². The molecule has 5 nitrogen and oxygen atoms in total. The SMILES string of the molecule is Cc1cc(C)c(NC(=O)c2ccc(Cl)c(S(=O)(=O)N3CCCC(C)C3)c2)c(C)c1. The smallest absolute Gasteiger partial charge is 0.255 e. The van der Waals surface area contributed by atoms with Crippen LogP contribution >= 0.6 is 11.6 Å². The number of carbonyl (C=O) groups is 1. The Bertz CT molecular complexity index is 1030. The predicted molar refractivity (Wildman–Crippen MR) is 117 cm³/mol. The van der Waals surface area contributed by atoms with Crippen molar-refractivity contribution in [3.63, 3.8) is 0 Å². The van der Waals surface area contributed by atoms with Crippen LogP contribution in [0.15, 0.2) is 35.2 Å². The second-order valence-electron chi connectivity index (χ2n) is 7.98. The summed E-state index contributed by atoms with van der Waals surface area (Å²) in [7, 11) is -3.76. The Balaban J connectivity index is 1.92. The minimum atomic E-state index is -3.76. The lowest BCUT2D eigenvalue weighted by molar-refractivity contribution is 0.102. The summed E-state index contributed by atoms with van der Waals surface area (Å²) in [5, 5.41) is 3.04. The van der Waals surface area contributed by atoms with Gasteiger partial charge >= 0.3 is 0 Å². The van der Waals surface area contributed by atoms with Crippen molar-refractivity contribution in [3.05, 3.63) is 57.6 Å². The Kier molecular flexibility index (Phi) is 6.36. The molecule has 29 heavy (non-hydrogen) atoms. The van der Waals surface area contributed by atoms with Gasteiger partial charge in [-0.05, 0) is 68.9 Å². The molecule has 0 saturated carbocycles. The average molecular weight is 435 g/mol. The topological polar surface area (TPSA) is 66.5 Å². The average Bonchev–Trinajstić information content (AvgIpc) is 2.64. The van der Waals surface area contributed by atoms with E-state index in [0.29, 0.717) is 19.0 Å². The molecular weight excluding hydrogens is 408 g/mol. The third-order valence-electron chi connectivity index (χ3n) is 5.35. The van der Waals surface area contributed by atoms with Crippen LogP contribution in [0, 0.1) is 26.7 Å². The van der Waals surface area contributed by atoms with Gasteiger partial charge in [-0.2, -0.15) is 4.31 Å². The number of hydrogen-bond acceptors (Lipinski definition) is 3. The summed E-state index contributed by atoms with van der Waals surface area (Å²) in [4.78, 5) is 12.8. The van der Waals surface area contributed by atoms with Crippen LogP contribution in [0.5, 0.6) is 0 Å². The van der Waals surface area contributed by atoms with Gasteiger partial charge in [0.15, 0.2) is 0 Å². The van der Waals surface area contributed by atoms with Gasteiger partial charge in [0.1, 0.15) is 4.90 Å². The van der Waals surface area contributed by atoms with E-state index >= 15 is 0 Å². The van der Waals surface area contributed by atoms with Crippen molar-refractivity contribution in [2.24, 2.45) is 5.92 Å². The number of amides is 1. The minimum absolute atomic E-state index is 0.0155. The van der Waals surface area contributed by atoms with Gasteiger partial charge in [0.05, 0.1) is 5.02 Å². The maximum atomic E-state index is 13.1. The van der Waals surface area contributed by atoms with Crippen molar-refractivity contribution in [2.75, 3.05) is 18.4 Å². The summed E-state index contributed by atoms with van der Waals surface area (Å²) in [5.41, 5.74) is 4.04. The number of sulfonamides is 1. The molecule has 2 aromatic rings. The van der Waals surface area contributed by atoms with Crippen molar-refractivity contribution in [3.8, 4) is 0 Å². The zero-order valence-electron chi connectivity index (χ0n) is 17.3. The fourth-order valence-electron chi connectivity index (χ4n) is 3.91. The van der Waals surface area contributed by atoms with E-state index in [1.807, 2.05) is 39.8 Å². The Hall–Kier alpha value is -1.89. The van der Waals surface area contributed by atoms with Crippen LogP contribution < -0.4 is 5.32 Å². The van der Waals surface area contributed by atoms with Crippen LogP contribution in [-0.4, -0.2) is 31.7 Å². The highest BCUT2D eigenvalue weighted by molar-refractivity contribution is 7.89. The number of rotatable bonds is 4. The highest BCUT2D eigenvalue weighted by Crippen LogP contribution is 2.30. The van der Waals surface area contributed by atoms with Crippen molar-refractivity contribution in [1.29, 1.82) is 0 Å². The first kappa shape index (κ1) is 21.8. The summed E-state index contributed by atoms with van der Waals surface area (Å²) in [6, 6.07) is 8.40. The van der Waals surface area contributed by atoms with Crippen LogP contribution in [0.3, 0.4) is 0 Å². The quantitative estimate of drug-likeness (QED) is 0.741. The molecule has 1 amide bonds. The standard InChI is InChI=1S/C22H27ClN2O3S/c1-14-6-5-9-25(13-14)29(27,28)20-12-18(7-8-19(20)23)22(26)24-21-16(3)10-15(2)11-17(21)4/h7-8,10-12,14H,5-6,9,13H2,1-4H3,(H,24,26). The largest absolute Gasteiger partial charge is 0.322 e. The van der Waals surface area contributed by atoms with Gasteiger partial charge in [0.25, 0.3) is 5.91 Å². The number of aryl methyl sites for hydroxylation is 3. The zero-order chi connectivity index (χ0) is 21.3. The number of anilines is 1. The number of hydrogen-bond donors (Lipinski definition) is 1. The molecule has 0 aliphatic carbocycles. The molecule has 1 N–H and O–H groups in total. The van der Waals surface area contributed by atoms with Crippen LogP contribution in [0.25, 0.3) is 0 Å². The normalized spacial score (nSPS) is 17.9. The third-order valence-corrected chi connectivity index (χ3v) is 7.69. The number of carbonyl (C=O) groups excluding carboxylic acids is 1. The molecule has 0 radical (unpaired) electrons. The second-order valence-corrected chi connectivity index (χ2v) is 10.3. The Morgan fingerprint density at radius 2 is 1.79 bits per heavy atom. The highest BCUT2D eigenvalue weighted by Gasteiger charge is 2.31. The van der Waals surface area contributed by atoms with Gasteiger partial charge in [-0.25, -0.2) is 8.42 Å². The zero-order valence-corrected chi connectivity index (χ0v) is 18.8. The van der Waals surface area contributed by atoms with E-state index in [4.69, 9.17) is 11.6 Å². The molecule has 1 heterocycles. The number of nitrogens with one attached hydrogen (secondary N) is 1. The second kappa shape index (κ2) is 8.46. The van der Waals surface area contributed by atoms with Crippen molar-refractivity contribution in [2.45, 2.75) is 45.4 Å². The molecule has 156 valence electrons. The first-order valence-electron chi connectivity index (χ1n) is 9.78. The Morgan fingerprint density at radius 1 is 1.14 bits per heavy atom. The van der Waals surface area contributed by atoms with E-state index in [1.165, 1.54) is 16.4 Å². The summed E-state index contributed by atoms with van der Waals surface area (Å²) in [5.74, 6) is -0.0588. The molecule has 0 aromatic heterocycles. The van der Waals surface area contributed by atoms with Crippen LogP contribution in [0.4, 0.5) is 5.69 Å². The molecule has 1 saturated heterocycles. The summed E-state index contributed by atoms with van der Waals surface area (Å²) >= 11 is 6.23. The maximum absolute atomic E-state index is 13.1. The van der Waals surface area contributed by atoms with Gasteiger partial charge in [-0.3, -0.25) is 4.79 Å². The molecule has 1 unspecified atom stereocenters. The lowest BCUT2D eigenvalue weighted by atomic mass is 10.0. The van der Waals surface area contributed by atoms with Crippen molar-refractivity contribution < 1.29 is 13.2 Å². The molecule has 1 fully saturated rings. The fourth-order valence-corrected chi connectivity index (χ4v) is 6.01. The first-order chi connectivity index (χ1) is 13.6. The van der Waals surface area contributed by atoms with E-state index in [-0.39, 0.29) is 21.4 Å². The van der Waals surface area contributed by atoms with Gasteiger partial charge in [-0.1, -0.05) is 36.2 Å². The maximum Gasteiger partial charge on any atom is 0.255 e. The van der Waals surface area contributed by atoms with Gasteiger partial charge in [0, 0.05) is 24.3 Å². The highest BCUT2D eigenvalue weighted by atomic mass is 35.5. The first-order valence-corrected chi connectivity index (χ1v) is 11.6. The molecule has 0 spiro atoms. The molecule has 1 aliphatic rings. The van der Waals surface area contributed by atoms with E-state index in [2.05, 4.69) is 5.32 Å². The summed E-state index contributed by atoms with van der Waals surface area (Å²) < 4.78 is 27.8. The Labute approximate surface area is 178 Å². The minimum Gasteiger partial charge on any atom is -0.322 e. The summed E-state index contributed by atoms with van der Waals surface area (Å²) in [6.07, 6.45) is 1.83. The predicted octanol–water partition coefficient (Wildman–Crippen LogP) is 4.94. The monoisotopic (exact) mass is 434 g/mol. The van der Waals surface area contributed by atoms with E-state index < -0.39 is 10.0 Å². The number of piperidine rings is 1. The Morgan fingerprint density at radius 3 is 2.41 bits per heavy atom. The lowest BCUT2D eigenvalue weighted by Crippen LogP contribution is -2.39.